The van der Waals surface area contributed by atoms with Gasteiger partial charge in [-0.3, -0.25) is 4.90 Å². The summed E-state index contributed by atoms with van der Waals surface area (Å²) in [6, 6.07) is 6.74. The van der Waals surface area contributed by atoms with Crippen LogP contribution in [0.25, 0.3) is 0 Å². The quantitative estimate of drug-likeness (QED) is 0.870. The van der Waals surface area contributed by atoms with Gasteiger partial charge in [0.15, 0.2) is 5.82 Å². The Morgan fingerprint density at radius 3 is 2.92 bits per heavy atom. The van der Waals surface area contributed by atoms with Crippen LogP contribution in [0, 0.1) is 13.8 Å². The fraction of sp³-hybridized carbons (Fsp3) is 0.579. The summed E-state index contributed by atoms with van der Waals surface area (Å²) < 4.78 is 8.12. The number of fused-ring (bicyclic) bond motifs is 1. The molecule has 5 heteroatoms. The molecule has 1 atom stereocenters. The summed E-state index contributed by atoms with van der Waals surface area (Å²) >= 11 is 0. The second-order valence-corrected chi connectivity index (χ2v) is 7.08. The first-order valence-electron chi connectivity index (χ1n) is 9.03. The van der Waals surface area contributed by atoms with Crippen molar-refractivity contribution in [2.75, 3.05) is 19.7 Å². The standard InChI is InChI=1S/C19H26N4O/c1-14-5-6-15(2)16(12-14)13-22-8-7-18-20-21-19(23(18)10-9-22)17-4-3-11-24-17/h5-6,12,17H,3-4,7-11,13H2,1-2H3. The zero-order valence-corrected chi connectivity index (χ0v) is 14.7. The van der Waals surface area contributed by atoms with E-state index in [1.165, 1.54) is 16.7 Å². The third kappa shape index (κ3) is 3.10. The zero-order chi connectivity index (χ0) is 16.5. The highest BCUT2D eigenvalue weighted by Crippen LogP contribution is 2.28. The molecular formula is C19H26N4O. The lowest BCUT2D eigenvalue weighted by molar-refractivity contribution is 0.101. The van der Waals surface area contributed by atoms with Crippen LogP contribution in [-0.4, -0.2) is 39.4 Å². The molecule has 1 unspecified atom stereocenters. The van der Waals surface area contributed by atoms with E-state index in [1.54, 1.807) is 0 Å². The van der Waals surface area contributed by atoms with E-state index in [4.69, 9.17) is 4.74 Å². The van der Waals surface area contributed by atoms with Crippen molar-refractivity contribution in [3.05, 3.63) is 46.5 Å². The van der Waals surface area contributed by atoms with E-state index in [2.05, 4.69) is 51.7 Å². The average molecular weight is 326 g/mol. The maximum Gasteiger partial charge on any atom is 0.162 e. The van der Waals surface area contributed by atoms with Gasteiger partial charge >= 0.3 is 0 Å². The molecule has 4 rings (SSSR count). The third-order valence-corrected chi connectivity index (χ3v) is 5.26. The zero-order valence-electron chi connectivity index (χ0n) is 14.7. The Hall–Kier alpha value is -1.72. The topological polar surface area (TPSA) is 43.2 Å². The number of nitrogens with zero attached hydrogens (tertiary/aromatic N) is 4. The molecule has 128 valence electrons. The van der Waals surface area contributed by atoms with Gasteiger partial charge in [-0.25, -0.2) is 0 Å². The average Bonchev–Trinajstić information content (AvgIpc) is 3.19. The van der Waals surface area contributed by atoms with Crippen LogP contribution in [-0.2, 0) is 24.2 Å². The van der Waals surface area contributed by atoms with E-state index >= 15 is 0 Å². The molecule has 2 aromatic rings. The highest BCUT2D eigenvalue weighted by Gasteiger charge is 2.27. The number of hydrogen-bond acceptors (Lipinski definition) is 4. The molecule has 1 saturated heterocycles. The summed E-state index contributed by atoms with van der Waals surface area (Å²) in [5.74, 6) is 2.15. The first-order valence-corrected chi connectivity index (χ1v) is 9.03. The first kappa shape index (κ1) is 15.8. The van der Waals surface area contributed by atoms with Crippen LogP contribution >= 0.6 is 0 Å². The number of hydrogen-bond donors (Lipinski definition) is 0. The lowest BCUT2D eigenvalue weighted by atomic mass is 10.1. The maximum absolute atomic E-state index is 5.82. The number of rotatable bonds is 3. The lowest BCUT2D eigenvalue weighted by Crippen LogP contribution is -2.27. The summed E-state index contributed by atoms with van der Waals surface area (Å²) in [5, 5.41) is 8.87. The van der Waals surface area contributed by atoms with Crippen molar-refractivity contribution in [1.82, 2.24) is 19.7 Å². The fourth-order valence-corrected chi connectivity index (χ4v) is 3.78. The van der Waals surface area contributed by atoms with Crippen LogP contribution in [0.5, 0.6) is 0 Å². The molecule has 1 aromatic heterocycles. The van der Waals surface area contributed by atoms with Crippen molar-refractivity contribution < 1.29 is 4.74 Å². The minimum Gasteiger partial charge on any atom is -0.370 e. The van der Waals surface area contributed by atoms with Crippen LogP contribution in [0.3, 0.4) is 0 Å². The molecule has 5 nitrogen and oxygen atoms in total. The van der Waals surface area contributed by atoms with E-state index in [9.17, 15) is 0 Å². The second-order valence-electron chi connectivity index (χ2n) is 7.08. The van der Waals surface area contributed by atoms with Crippen molar-refractivity contribution in [3.8, 4) is 0 Å². The number of benzene rings is 1. The Balaban J connectivity index is 1.48. The highest BCUT2D eigenvalue weighted by molar-refractivity contribution is 5.30. The van der Waals surface area contributed by atoms with Crippen molar-refractivity contribution >= 4 is 0 Å². The van der Waals surface area contributed by atoms with Gasteiger partial charge in [0.1, 0.15) is 11.9 Å². The Bertz CT molecular complexity index is 718. The van der Waals surface area contributed by atoms with Gasteiger partial charge in [0, 0.05) is 39.2 Å². The summed E-state index contributed by atoms with van der Waals surface area (Å²) in [4.78, 5) is 2.54. The van der Waals surface area contributed by atoms with Gasteiger partial charge in [0.2, 0.25) is 0 Å². The van der Waals surface area contributed by atoms with Crippen LogP contribution < -0.4 is 0 Å². The number of aromatic nitrogens is 3. The maximum atomic E-state index is 5.82. The highest BCUT2D eigenvalue weighted by atomic mass is 16.5. The number of aryl methyl sites for hydroxylation is 2. The molecule has 0 aliphatic carbocycles. The molecule has 0 N–H and O–H groups in total. The Kier molecular flexibility index (Phi) is 4.37. The minimum atomic E-state index is 0.150. The van der Waals surface area contributed by atoms with Crippen LogP contribution in [0.15, 0.2) is 18.2 Å². The van der Waals surface area contributed by atoms with Crippen molar-refractivity contribution in [3.63, 3.8) is 0 Å². The van der Waals surface area contributed by atoms with Crippen LogP contribution in [0.4, 0.5) is 0 Å². The summed E-state index contributed by atoms with van der Waals surface area (Å²) in [6.45, 7) is 9.28. The summed E-state index contributed by atoms with van der Waals surface area (Å²) in [5.41, 5.74) is 4.15. The largest absolute Gasteiger partial charge is 0.370 e. The van der Waals surface area contributed by atoms with Gasteiger partial charge in [-0.05, 0) is 37.8 Å². The molecule has 1 aromatic carbocycles. The van der Waals surface area contributed by atoms with Gasteiger partial charge in [-0.2, -0.15) is 0 Å². The Morgan fingerprint density at radius 1 is 1.17 bits per heavy atom. The Morgan fingerprint density at radius 2 is 2.08 bits per heavy atom. The van der Waals surface area contributed by atoms with Gasteiger partial charge in [0.25, 0.3) is 0 Å². The fourth-order valence-electron chi connectivity index (χ4n) is 3.78. The van der Waals surface area contributed by atoms with Crippen LogP contribution in [0.1, 0.15) is 47.3 Å². The van der Waals surface area contributed by atoms with E-state index in [-0.39, 0.29) is 6.10 Å². The van der Waals surface area contributed by atoms with Crippen molar-refractivity contribution in [2.24, 2.45) is 0 Å². The van der Waals surface area contributed by atoms with Crippen LogP contribution in [0.2, 0.25) is 0 Å². The normalized spacial score (nSPS) is 21.7. The SMILES string of the molecule is Cc1ccc(C)c(CN2CCc3nnc(C4CCCO4)n3CC2)c1. The van der Waals surface area contributed by atoms with Crippen molar-refractivity contribution in [2.45, 2.75) is 52.3 Å². The molecule has 0 saturated carbocycles. The molecule has 1 fully saturated rings. The molecule has 2 aliphatic heterocycles. The summed E-state index contributed by atoms with van der Waals surface area (Å²) in [7, 11) is 0. The van der Waals surface area contributed by atoms with E-state index < -0.39 is 0 Å². The molecule has 0 spiro atoms. The first-order chi connectivity index (χ1) is 11.7. The van der Waals surface area contributed by atoms with E-state index in [0.29, 0.717) is 0 Å². The van der Waals surface area contributed by atoms with E-state index in [1.807, 2.05) is 0 Å². The lowest BCUT2D eigenvalue weighted by Gasteiger charge is -2.21. The van der Waals surface area contributed by atoms with Crippen molar-refractivity contribution in [1.29, 1.82) is 0 Å². The molecule has 0 bridgehead atoms. The Labute approximate surface area is 143 Å². The molecule has 24 heavy (non-hydrogen) atoms. The van der Waals surface area contributed by atoms with Gasteiger partial charge in [0.05, 0.1) is 0 Å². The number of ether oxygens (including phenoxy) is 1. The smallest absolute Gasteiger partial charge is 0.162 e. The predicted octanol–water partition coefficient (Wildman–Crippen LogP) is 2.80. The molecular weight excluding hydrogens is 300 g/mol. The second kappa shape index (κ2) is 6.65. The minimum absolute atomic E-state index is 0.150. The molecule has 3 heterocycles. The predicted molar refractivity (Wildman–Crippen MR) is 92.8 cm³/mol. The summed E-state index contributed by atoms with van der Waals surface area (Å²) in [6.07, 6.45) is 3.32. The molecule has 0 amide bonds. The molecule has 2 aliphatic rings. The van der Waals surface area contributed by atoms with E-state index in [0.717, 1.165) is 63.7 Å². The van der Waals surface area contributed by atoms with Gasteiger partial charge in [-0.15, -0.1) is 10.2 Å². The van der Waals surface area contributed by atoms with Gasteiger partial charge < -0.3 is 9.30 Å². The monoisotopic (exact) mass is 326 g/mol. The molecule has 0 radical (unpaired) electrons. The van der Waals surface area contributed by atoms with Gasteiger partial charge in [-0.1, -0.05) is 23.8 Å². The third-order valence-electron chi connectivity index (χ3n) is 5.26.